The van der Waals surface area contributed by atoms with Gasteiger partial charge in [-0.15, -0.1) is 5.10 Å². The summed E-state index contributed by atoms with van der Waals surface area (Å²) < 4.78 is 26.0. The summed E-state index contributed by atoms with van der Waals surface area (Å²) >= 11 is 0. The van der Waals surface area contributed by atoms with Crippen LogP contribution >= 0.6 is 0 Å². The molecule has 3 rings (SSSR count). The van der Waals surface area contributed by atoms with Crippen LogP contribution in [0, 0.1) is 11.6 Å². The van der Waals surface area contributed by atoms with Crippen LogP contribution in [0.4, 0.5) is 14.7 Å². The average Bonchev–Trinajstić information content (AvgIpc) is 2.92. The van der Waals surface area contributed by atoms with E-state index in [2.05, 4.69) is 25.4 Å². The van der Waals surface area contributed by atoms with Crippen molar-refractivity contribution in [2.24, 2.45) is 0 Å². The molecular formula is C13H15F2N5. The molecule has 1 aromatic carbocycles. The summed E-state index contributed by atoms with van der Waals surface area (Å²) in [5, 5.41) is 10.3. The molecule has 1 aliphatic heterocycles. The van der Waals surface area contributed by atoms with Gasteiger partial charge in [0.05, 0.1) is 0 Å². The first kappa shape index (κ1) is 13.0. The zero-order chi connectivity index (χ0) is 13.9. The van der Waals surface area contributed by atoms with Gasteiger partial charge in [0, 0.05) is 32.6 Å². The predicted octanol–water partition coefficient (Wildman–Crippen LogP) is 1.08. The van der Waals surface area contributed by atoms with Crippen molar-refractivity contribution in [3.8, 4) is 0 Å². The van der Waals surface area contributed by atoms with Gasteiger partial charge in [-0.3, -0.25) is 5.10 Å². The van der Waals surface area contributed by atoms with Crippen molar-refractivity contribution in [2.45, 2.75) is 6.42 Å². The number of nitrogens with one attached hydrogen (secondary N) is 2. The molecule has 2 heterocycles. The highest BCUT2D eigenvalue weighted by Gasteiger charge is 2.15. The third kappa shape index (κ3) is 2.77. The molecule has 0 amide bonds. The van der Waals surface area contributed by atoms with Crippen molar-refractivity contribution < 1.29 is 8.78 Å². The SMILES string of the molecule is Fc1ccc(Cc2nc(N3CCNCC3)n[nH]2)cc1F. The third-order valence-corrected chi connectivity index (χ3v) is 3.28. The molecule has 0 aliphatic carbocycles. The van der Waals surface area contributed by atoms with Gasteiger partial charge in [-0.2, -0.15) is 4.98 Å². The highest BCUT2D eigenvalue weighted by atomic mass is 19.2. The van der Waals surface area contributed by atoms with E-state index in [1.165, 1.54) is 6.07 Å². The largest absolute Gasteiger partial charge is 0.337 e. The smallest absolute Gasteiger partial charge is 0.244 e. The van der Waals surface area contributed by atoms with Crippen molar-refractivity contribution >= 4 is 5.95 Å². The molecule has 0 bridgehead atoms. The number of hydrogen-bond donors (Lipinski definition) is 2. The van der Waals surface area contributed by atoms with Crippen molar-refractivity contribution in [1.82, 2.24) is 20.5 Å². The first-order valence-electron chi connectivity index (χ1n) is 6.53. The lowest BCUT2D eigenvalue weighted by Crippen LogP contribution is -2.44. The summed E-state index contributed by atoms with van der Waals surface area (Å²) in [6, 6.07) is 3.85. The quantitative estimate of drug-likeness (QED) is 0.883. The lowest BCUT2D eigenvalue weighted by atomic mass is 10.1. The van der Waals surface area contributed by atoms with E-state index < -0.39 is 11.6 Å². The number of benzene rings is 1. The number of nitrogens with zero attached hydrogens (tertiary/aromatic N) is 3. The van der Waals surface area contributed by atoms with Crippen LogP contribution in [0.1, 0.15) is 11.4 Å². The van der Waals surface area contributed by atoms with Crippen molar-refractivity contribution in [3.63, 3.8) is 0 Å². The number of piperazine rings is 1. The van der Waals surface area contributed by atoms with Gasteiger partial charge in [0.1, 0.15) is 5.82 Å². The number of H-pyrrole nitrogens is 1. The van der Waals surface area contributed by atoms with Gasteiger partial charge in [-0.05, 0) is 17.7 Å². The van der Waals surface area contributed by atoms with Crippen molar-refractivity contribution in [3.05, 3.63) is 41.2 Å². The maximum Gasteiger partial charge on any atom is 0.244 e. The van der Waals surface area contributed by atoms with Crippen molar-refractivity contribution in [2.75, 3.05) is 31.1 Å². The minimum atomic E-state index is -0.843. The molecule has 2 aromatic rings. The third-order valence-electron chi connectivity index (χ3n) is 3.28. The van der Waals surface area contributed by atoms with Crippen molar-refractivity contribution in [1.29, 1.82) is 0 Å². The van der Waals surface area contributed by atoms with Crippen LogP contribution in [-0.2, 0) is 6.42 Å². The van der Waals surface area contributed by atoms with E-state index in [0.29, 0.717) is 23.8 Å². The van der Waals surface area contributed by atoms with Gasteiger partial charge in [-0.1, -0.05) is 6.07 Å². The number of aromatic amines is 1. The van der Waals surface area contributed by atoms with E-state index in [1.807, 2.05) is 0 Å². The van der Waals surface area contributed by atoms with Crippen LogP contribution in [0.25, 0.3) is 0 Å². The molecule has 0 saturated carbocycles. The molecule has 7 heteroatoms. The molecule has 1 saturated heterocycles. The maximum atomic E-state index is 13.1. The number of aromatic nitrogens is 3. The fraction of sp³-hybridized carbons (Fsp3) is 0.385. The maximum absolute atomic E-state index is 13.1. The normalized spacial score (nSPS) is 15.6. The molecule has 1 aromatic heterocycles. The number of anilines is 1. The van der Waals surface area contributed by atoms with E-state index in [-0.39, 0.29) is 0 Å². The van der Waals surface area contributed by atoms with Crippen LogP contribution < -0.4 is 10.2 Å². The molecule has 1 aliphatic rings. The Bertz CT molecular complexity index is 592. The molecule has 0 unspecified atom stereocenters. The summed E-state index contributed by atoms with van der Waals surface area (Å²) in [4.78, 5) is 6.48. The molecule has 106 valence electrons. The van der Waals surface area contributed by atoms with Gasteiger partial charge >= 0.3 is 0 Å². The summed E-state index contributed by atoms with van der Waals surface area (Å²) in [7, 11) is 0. The number of halogens is 2. The Labute approximate surface area is 115 Å². The van der Waals surface area contributed by atoms with Gasteiger partial charge < -0.3 is 10.2 Å². The van der Waals surface area contributed by atoms with Gasteiger partial charge in [-0.25, -0.2) is 8.78 Å². The topological polar surface area (TPSA) is 56.8 Å². The van der Waals surface area contributed by atoms with Crippen LogP contribution in [0.15, 0.2) is 18.2 Å². The molecule has 1 fully saturated rings. The standard InChI is InChI=1S/C13H15F2N5/c14-10-2-1-9(7-11(10)15)8-12-17-13(19-18-12)20-5-3-16-4-6-20/h1-2,7,16H,3-6,8H2,(H,17,18,19). The lowest BCUT2D eigenvalue weighted by molar-refractivity contribution is 0.507. The Morgan fingerprint density at radius 2 is 1.95 bits per heavy atom. The zero-order valence-electron chi connectivity index (χ0n) is 10.9. The Kier molecular flexibility index (Phi) is 3.60. The minimum Gasteiger partial charge on any atom is -0.337 e. The van der Waals surface area contributed by atoms with Gasteiger partial charge in [0.25, 0.3) is 0 Å². The molecule has 2 N–H and O–H groups in total. The zero-order valence-corrected chi connectivity index (χ0v) is 10.9. The predicted molar refractivity (Wildman–Crippen MR) is 70.6 cm³/mol. The second kappa shape index (κ2) is 5.54. The Hall–Kier alpha value is -2.02. The van der Waals surface area contributed by atoms with E-state index in [9.17, 15) is 8.78 Å². The summed E-state index contributed by atoms with van der Waals surface area (Å²) in [5.74, 6) is -0.384. The van der Waals surface area contributed by atoms with Gasteiger partial charge in [0.15, 0.2) is 11.6 Å². The second-order valence-electron chi connectivity index (χ2n) is 4.74. The summed E-state index contributed by atoms with van der Waals surface area (Å²) in [6.07, 6.45) is 0.399. The Morgan fingerprint density at radius 3 is 2.70 bits per heavy atom. The van der Waals surface area contributed by atoms with Crippen LogP contribution in [0.5, 0.6) is 0 Å². The number of rotatable bonds is 3. The minimum absolute atomic E-state index is 0.399. The second-order valence-corrected chi connectivity index (χ2v) is 4.74. The molecular weight excluding hydrogens is 264 g/mol. The molecule has 0 spiro atoms. The average molecular weight is 279 g/mol. The highest BCUT2D eigenvalue weighted by Crippen LogP contribution is 2.13. The first-order chi connectivity index (χ1) is 9.72. The van der Waals surface area contributed by atoms with E-state index in [0.717, 1.165) is 32.2 Å². The molecule has 20 heavy (non-hydrogen) atoms. The first-order valence-corrected chi connectivity index (χ1v) is 6.53. The van der Waals surface area contributed by atoms with Crippen LogP contribution in [0.3, 0.4) is 0 Å². The van der Waals surface area contributed by atoms with Crippen LogP contribution in [0.2, 0.25) is 0 Å². The van der Waals surface area contributed by atoms with Crippen LogP contribution in [-0.4, -0.2) is 41.4 Å². The Balaban J connectivity index is 1.71. The van der Waals surface area contributed by atoms with E-state index in [4.69, 9.17) is 0 Å². The lowest BCUT2D eigenvalue weighted by Gasteiger charge is -2.25. The molecule has 5 nitrogen and oxygen atoms in total. The summed E-state index contributed by atoms with van der Waals surface area (Å²) in [5.41, 5.74) is 0.659. The van der Waals surface area contributed by atoms with E-state index >= 15 is 0 Å². The molecule has 0 radical (unpaired) electrons. The monoisotopic (exact) mass is 279 g/mol. The number of hydrogen-bond acceptors (Lipinski definition) is 4. The fourth-order valence-electron chi connectivity index (χ4n) is 2.21. The summed E-state index contributed by atoms with van der Waals surface area (Å²) in [6.45, 7) is 3.55. The fourth-order valence-corrected chi connectivity index (χ4v) is 2.21. The Morgan fingerprint density at radius 1 is 1.15 bits per heavy atom. The highest BCUT2D eigenvalue weighted by molar-refractivity contribution is 5.31. The van der Waals surface area contributed by atoms with E-state index in [1.54, 1.807) is 6.07 Å². The molecule has 0 atom stereocenters. The van der Waals surface area contributed by atoms with Gasteiger partial charge in [0.2, 0.25) is 5.95 Å².